The molecule has 1 rings (SSSR count). The summed E-state index contributed by atoms with van der Waals surface area (Å²) in [7, 11) is -4.33. The Bertz CT molecular complexity index is 304. The second-order valence-corrected chi connectivity index (χ2v) is 4.43. The summed E-state index contributed by atoms with van der Waals surface area (Å²) >= 11 is 0. The fraction of sp³-hybridized carbons (Fsp3) is 0.375. The average molecular weight is 245 g/mol. The molecule has 1 heterocycles. The van der Waals surface area contributed by atoms with Crippen LogP contribution in [-0.4, -0.2) is 11.1 Å². The van der Waals surface area contributed by atoms with E-state index in [1.54, 1.807) is 18.3 Å². The van der Waals surface area contributed by atoms with Crippen LogP contribution in [0.3, 0.4) is 0 Å². The van der Waals surface area contributed by atoms with Gasteiger partial charge in [-0.15, -0.1) is 0 Å². The number of hydrogen-bond donors (Lipinski definition) is 0. The first-order valence-corrected chi connectivity index (χ1v) is 5.72. The Morgan fingerprint density at radius 2 is 1.93 bits per heavy atom. The summed E-state index contributed by atoms with van der Waals surface area (Å²) in [5.74, 6) is 0. The molecule has 0 saturated heterocycles. The molecule has 0 amide bonds. The van der Waals surface area contributed by atoms with Crippen LogP contribution in [-0.2, 0) is 11.0 Å². The average Bonchev–Trinajstić information content (AvgIpc) is 2.04. The molecule has 0 fully saturated rings. The third kappa shape index (κ3) is 10.2. The third-order valence-corrected chi connectivity index (χ3v) is 2.45. The van der Waals surface area contributed by atoms with Crippen LogP contribution in [0, 0.1) is 0 Å². The van der Waals surface area contributed by atoms with E-state index in [-0.39, 0.29) is 65.3 Å². The Balaban J connectivity index is 0. The van der Waals surface area contributed by atoms with E-state index in [2.05, 4.69) is 4.98 Å². The van der Waals surface area contributed by atoms with Crippen LogP contribution in [0.25, 0.3) is 0 Å². The summed E-state index contributed by atoms with van der Waals surface area (Å²) in [5, 5.41) is 0. The van der Waals surface area contributed by atoms with E-state index in [4.69, 9.17) is 0 Å². The van der Waals surface area contributed by atoms with E-state index < -0.39 is 7.60 Å². The first-order valence-electron chi connectivity index (χ1n) is 3.99. The molecule has 0 saturated carbocycles. The van der Waals surface area contributed by atoms with Crippen LogP contribution >= 0.6 is 7.60 Å². The topological polar surface area (TPSA) is 76.1 Å². The number of aromatic nitrogens is 1. The van der Waals surface area contributed by atoms with Gasteiger partial charge >= 0.3 is 59.1 Å². The van der Waals surface area contributed by atoms with E-state index in [1.165, 1.54) is 0 Å². The van der Waals surface area contributed by atoms with Crippen LogP contribution in [0.2, 0.25) is 0 Å². The summed E-state index contributed by atoms with van der Waals surface area (Å²) in [4.78, 5) is 24.6. The molecule has 0 bridgehead atoms. The molecule has 7 heteroatoms. The van der Waals surface area contributed by atoms with Crippen molar-refractivity contribution < 1.29 is 73.5 Å². The first-order chi connectivity index (χ1) is 6.08. The van der Waals surface area contributed by atoms with E-state index in [1.807, 2.05) is 6.07 Å². The van der Waals surface area contributed by atoms with Crippen LogP contribution in [0.4, 0.5) is 0 Å². The largest absolute Gasteiger partial charge is 1.00 e. The van der Waals surface area contributed by atoms with Crippen molar-refractivity contribution in [3.63, 3.8) is 0 Å². The zero-order valence-electron chi connectivity index (χ0n) is 9.05. The van der Waals surface area contributed by atoms with Gasteiger partial charge in [-0.25, -0.2) is 0 Å². The van der Waals surface area contributed by atoms with Gasteiger partial charge in [-0.1, -0.05) is 13.7 Å². The molecule has 0 radical (unpaired) electrons. The molecule has 15 heavy (non-hydrogen) atoms. The second kappa shape index (κ2) is 9.34. The van der Waals surface area contributed by atoms with Crippen molar-refractivity contribution in [2.24, 2.45) is 0 Å². The van der Waals surface area contributed by atoms with Crippen LogP contribution in [0.5, 0.6) is 0 Å². The van der Waals surface area contributed by atoms with Crippen molar-refractivity contribution in [2.45, 2.75) is 12.8 Å². The Labute approximate surface area is 134 Å². The molecule has 0 spiro atoms. The zero-order chi connectivity index (χ0) is 9.73. The van der Waals surface area contributed by atoms with Crippen molar-refractivity contribution >= 4 is 7.60 Å². The summed E-state index contributed by atoms with van der Waals surface area (Å²) < 4.78 is 10.3. The normalized spacial score (nSPS) is 10.0. The Morgan fingerprint density at radius 1 is 1.27 bits per heavy atom. The van der Waals surface area contributed by atoms with Gasteiger partial charge in [0.2, 0.25) is 0 Å². The number of pyridine rings is 1. The van der Waals surface area contributed by atoms with Crippen molar-refractivity contribution in [2.75, 3.05) is 6.16 Å². The van der Waals surface area contributed by atoms with E-state index in [0.29, 0.717) is 12.8 Å². The van der Waals surface area contributed by atoms with Gasteiger partial charge in [0.1, 0.15) is 0 Å². The molecule has 0 atom stereocenters. The Morgan fingerprint density at radius 3 is 2.40 bits per heavy atom. The van der Waals surface area contributed by atoms with Crippen molar-refractivity contribution in [3.8, 4) is 0 Å². The smallest absolute Gasteiger partial charge is 0.811 e. The van der Waals surface area contributed by atoms with Gasteiger partial charge in [0.05, 0.1) is 0 Å². The van der Waals surface area contributed by atoms with Gasteiger partial charge in [0.15, 0.2) is 0 Å². The minimum Gasteiger partial charge on any atom is -0.811 e. The maximum atomic E-state index is 10.3. The minimum atomic E-state index is -4.33. The first kappa shape index (κ1) is 18.7. The van der Waals surface area contributed by atoms with Crippen LogP contribution in [0.15, 0.2) is 24.4 Å². The molecule has 72 valence electrons. The summed E-state index contributed by atoms with van der Waals surface area (Å²) in [6.45, 7) is 0. The van der Waals surface area contributed by atoms with Gasteiger partial charge in [0.25, 0.3) is 0 Å². The van der Waals surface area contributed by atoms with Gasteiger partial charge < -0.3 is 14.4 Å². The molecule has 1 aromatic rings. The zero-order valence-corrected chi connectivity index (χ0v) is 13.9. The van der Waals surface area contributed by atoms with Gasteiger partial charge in [-0.2, -0.15) is 0 Å². The summed E-state index contributed by atoms with van der Waals surface area (Å²) in [5.41, 5.74) is 0.816. The molecule has 0 unspecified atom stereocenters. The molecule has 0 aliphatic rings. The van der Waals surface area contributed by atoms with Crippen LogP contribution < -0.4 is 68.9 Å². The molecule has 1 aromatic heterocycles. The molecular formula is C8H10NNa2O3P. The monoisotopic (exact) mass is 245 g/mol. The number of rotatable bonds is 4. The minimum absolute atomic E-state index is 0. The number of hydrogen-bond acceptors (Lipinski definition) is 4. The molecule has 0 aromatic carbocycles. The van der Waals surface area contributed by atoms with E-state index >= 15 is 0 Å². The Kier molecular flexibility index (Phi) is 11.6. The third-order valence-electron chi connectivity index (χ3n) is 1.59. The standard InChI is InChI=1S/C8H12NO3P.2Na/c10-13(11,12)7-3-5-8-4-1-2-6-9-8;;/h1-2,4,6H,3,5,7H2,(H2,10,11,12);;/q;2*+1/p-2. The molecular weight excluding hydrogens is 235 g/mol. The predicted molar refractivity (Wildman–Crippen MR) is 45.0 cm³/mol. The van der Waals surface area contributed by atoms with Gasteiger partial charge in [0, 0.05) is 11.9 Å². The maximum Gasteiger partial charge on any atom is 1.00 e. The van der Waals surface area contributed by atoms with Crippen molar-refractivity contribution in [1.29, 1.82) is 0 Å². The Hall–Kier alpha value is 1.30. The fourth-order valence-corrected chi connectivity index (χ4v) is 1.55. The summed E-state index contributed by atoms with van der Waals surface area (Å²) in [6, 6.07) is 5.42. The molecule has 0 aliphatic carbocycles. The molecule has 0 aliphatic heterocycles. The predicted octanol–water partition coefficient (Wildman–Crippen LogP) is -6.06. The SMILES string of the molecule is O=P([O-])([O-])CCCc1ccccn1.[Na+].[Na+]. The van der Waals surface area contributed by atoms with E-state index in [0.717, 1.165) is 5.69 Å². The second-order valence-electron chi connectivity index (χ2n) is 2.76. The number of aryl methyl sites for hydroxylation is 1. The molecule has 4 nitrogen and oxygen atoms in total. The van der Waals surface area contributed by atoms with Gasteiger partial charge in [-0.05, 0) is 31.1 Å². The summed E-state index contributed by atoms with van der Waals surface area (Å²) in [6.07, 6.45) is 2.24. The quantitative estimate of drug-likeness (QED) is 0.391. The van der Waals surface area contributed by atoms with E-state index in [9.17, 15) is 14.4 Å². The van der Waals surface area contributed by atoms with Gasteiger partial charge in [-0.3, -0.25) is 4.98 Å². The maximum absolute atomic E-state index is 10.3. The number of nitrogens with zero attached hydrogens (tertiary/aromatic N) is 1. The van der Waals surface area contributed by atoms with Crippen molar-refractivity contribution in [1.82, 2.24) is 4.98 Å². The fourth-order valence-electron chi connectivity index (χ4n) is 1.000. The molecule has 0 N–H and O–H groups in total. The van der Waals surface area contributed by atoms with Crippen LogP contribution in [0.1, 0.15) is 12.1 Å². The van der Waals surface area contributed by atoms with Crippen molar-refractivity contribution in [3.05, 3.63) is 30.1 Å².